The van der Waals surface area contributed by atoms with Gasteiger partial charge in [-0.15, -0.1) is 0 Å². The van der Waals surface area contributed by atoms with Crippen LogP contribution in [0.2, 0.25) is 0 Å². The average Bonchev–Trinajstić information content (AvgIpc) is 2.16. The first-order chi connectivity index (χ1) is 7.78. The first-order valence-corrected chi connectivity index (χ1v) is 5.20. The highest BCUT2D eigenvalue weighted by atomic mass is 16.4. The third-order valence-electron chi connectivity index (χ3n) is 1.91. The van der Waals surface area contributed by atoms with Crippen molar-refractivity contribution in [2.24, 2.45) is 0 Å². The van der Waals surface area contributed by atoms with Gasteiger partial charge < -0.3 is 19.8 Å². The van der Waals surface area contributed by atoms with E-state index in [9.17, 15) is 4.79 Å². The van der Waals surface area contributed by atoms with E-state index in [1.807, 2.05) is 0 Å². The van der Waals surface area contributed by atoms with Crippen molar-refractivity contribution in [1.29, 1.82) is 0 Å². The minimum atomic E-state index is -1.11. The minimum absolute atomic E-state index is 0.0671. The van der Waals surface area contributed by atoms with E-state index in [0.717, 1.165) is 11.0 Å². The molecule has 1 rings (SSSR count). The molecule has 0 spiro atoms. The van der Waals surface area contributed by atoms with E-state index in [1.165, 1.54) is 12.1 Å². The lowest BCUT2D eigenvalue weighted by molar-refractivity contribution is -0.870. The number of hydrogen-bond acceptors (Lipinski definition) is 3. The number of aromatic hydroxyl groups is 1. The molecular weight excluding hydrogens is 222 g/mol. The van der Waals surface area contributed by atoms with Gasteiger partial charge in [-0.05, 0) is 12.1 Å². The van der Waals surface area contributed by atoms with E-state index < -0.39 is 5.97 Å². The lowest BCUT2D eigenvalue weighted by Gasteiger charge is -2.21. The Hall–Kier alpha value is -1.59. The quantitative estimate of drug-likeness (QED) is 0.684. The maximum atomic E-state index is 10.3. The van der Waals surface area contributed by atoms with Crippen molar-refractivity contribution in [2.45, 2.75) is 0 Å². The van der Waals surface area contributed by atoms with Gasteiger partial charge in [-0.25, -0.2) is 4.79 Å². The van der Waals surface area contributed by atoms with Gasteiger partial charge in [0.05, 0.1) is 27.7 Å². The van der Waals surface area contributed by atoms with Crippen molar-refractivity contribution < 1.29 is 24.6 Å². The van der Waals surface area contributed by atoms with Gasteiger partial charge in [-0.1, -0.05) is 12.1 Å². The molecule has 1 aromatic carbocycles. The van der Waals surface area contributed by atoms with E-state index in [0.29, 0.717) is 0 Å². The molecule has 0 radical (unpaired) electrons. The van der Waals surface area contributed by atoms with Crippen molar-refractivity contribution in [3.63, 3.8) is 0 Å². The fourth-order valence-corrected chi connectivity index (χ4v) is 0.954. The summed E-state index contributed by atoms with van der Waals surface area (Å²) in [4.78, 5) is 10.3. The predicted octanol–water partition coefficient (Wildman–Crippen LogP) is 0.775. The highest BCUT2D eigenvalue weighted by Gasteiger charge is 2.05. The zero-order valence-corrected chi connectivity index (χ0v) is 10.4. The molecule has 0 aliphatic carbocycles. The zero-order valence-electron chi connectivity index (χ0n) is 10.4. The number of benzene rings is 1. The van der Waals surface area contributed by atoms with Crippen LogP contribution in [0.3, 0.4) is 0 Å². The lowest BCUT2D eigenvalue weighted by atomic mass is 10.2. The molecule has 0 saturated heterocycles. The highest BCUT2D eigenvalue weighted by molar-refractivity contribution is 5.90. The number of aromatic carboxylic acids is 1. The average molecular weight is 242 g/mol. The molecule has 0 fully saturated rings. The molecule has 0 aliphatic heterocycles. The van der Waals surface area contributed by atoms with Crippen LogP contribution in [0.15, 0.2) is 24.3 Å². The summed E-state index contributed by atoms with van der Waals surface area (Å²) in [6.07, 6.45) is 0. The van der Waals surface area contributed by atoms with E-state index in [-0.39, 0.29) is 17.9 Å². The van der Waals surface area contributed by atoms with Gasteiger partial charge in [-0.3, -0.25) is 0 Å². The van der Waals surface area contributed by atoms with Crippen LogP contribution in [0.25, 0.3) is 0 Å². The molecule has 0 unspecified atom stereocenters. The van der Waals surface area contributed by atoms with Gasteiger partial charge in [-0.2, -0.15) is 0 Å². The van der Waals surface area contributed by atoms with Crippen LogP contribution in [0, 0.1) is 0 Å². The minimum Gasteiger partial charge on any atom is -0.507 e. The second kappa shape index (κ2) is 6.88. The van der Waals surface area contributed by atoms with E-state index in [2.05, 4.69) is 21.1 Å². The number of nitrogens with zero attached hydrogens (tertiary/aromatic N) is 1. The molecule has 0 atom stereocenters. The van der Waals surface area contributed by atoms with Gasteiger partial charge in [0.25, 0.3) is 0 Å². The van der Waals surface area contributed by atoms with Crippen LogP contribution < -0.4 is 0 Å². The van der Waals surface area contributed by atoms with Gasteiger partial charge in [0.15, 0.2) is 0 Å². The number of likely N-dealkylation sites (N-methyl/N-ethyl adjacent to an activating group) is 1. The summed E-state index contributed by atoms with van der Waals surface area (Å²) in [5.74, 6) is -1.31. The molecule has 5 nitrogen and oxygen atoms in total. The van der Waals surface area contributed by atoms with E-state index in [4.69, 9.17) is 15.3 Å². The first-order valence-electron chi connectivity index (χ1n) is 5.20. The Labute approximate surface area is 101 Å². The van der Waals surface area contributed by atoms with Gasteiger partial charge in [0.1, 0.15) is 17.9 Å². The molecule has 0 aliphatic rings. The molecule has 96 valence electrons. The number of carboxylic acid groups (broad SMARTS) is 1. The number of carboxylic acids is 1. The van der Waals surface area contributed by atoms with E-state index in [1.54, 1.807) is 12.1 Å². The Morgan fingerprint density at radius 3 is 2.00 bits per heavy atom. The summed E-state index contributed by atoms with van der Waals surface area (Å²) in [5, 5.41) is 25.7. The number of phenols is 1. The molecule has 0 aromatic heterocycles. The van der Waals surface area contributed by atoms with Crippen molar-refractivity contribution >= 4 is 5.97 Å². The first kappa shape index (κ1) is 15.4. The molecule has 3 N–H and O–H groups in total. The second-order valence-electron chi connectivity index (χ2n) is 4.56. The lowest BCUT2D eigenvalue weighted by Crippen LogP contribution is -2.36. The largest absolute Gasteiger partial charge is 0.507 e. The maximum absolute atomic E-state index is 10.3. The summed E-state index contributed by atoms with van der Waals surface area (Å²) in [6.45, 7) is 1.11. The van der Waals surface area contributed by atoms with Gasteiger partial charge in [0.2, 0.25) is 0 Å². The molecule has 0 bridgehead atoms. The molecule has 5 heteroatoms. The molecular formula is C12H20NO4+. The number of aliphatic hydroxyl groups excluding tert-OH is 1. The Morgan fingerprint density at radius 2 is 1.76 bits per heavy atom. The summed E-state index contributed by atoms with van der Waals surface area (Å²) in [6, 6.07) is 5.81. The Morgan fingerprint density at radius 1 is 1.24 bits per heavy atom. The number of para-hydroxylation sites is 1. The van der Waals surface area contributed by atoms with Crippen molar-refractivity contribution in [3.05, 3.63) is 29.8 Å². The third kappa shape index (κ3) is 7.32. The molecule has 0 amide bonds. The normalized spacial score (nSPS) is 10.4. The highest BCUT2D eigenvalue weighted by Crippen LogP contribution is 2.14. The third-order valence-corrected chi connectivity index (χ3v) is 1.91. The Bertz CT molecular complexity index is 358. The summed E-state index contributed by atoms with van der Waals surface area (Å²) in [5.41, 5.74) is -0.0671. The Balaban J connectivity index is 0.000000325. The number of aliphatic hydroxyl groups is 1. The van der Waals surface area contributed by atoms with Gasteiger partial charge >= 0.3 is 5.97 Å². The van der Waals surface area contributed by atoms with E-state index >= 15 is 0 Å². The van der Waals surface area contributed by atoms with Crippen LogP contribution in [0.4, 0.5) is 0 Å². The monoisotopic (exact) mass is 242 g/mol. The topological polar surface area (TPSA) is 77.8 Å². The second-order valence-corrected chi connectivity index (χ2v) is 4.56. The molecule has 0 saturated carbocycles. The fraction of sp³-hybridized carbons (Fsp3) is 0.417. The molecule has 17 heavy (non-hydrogen) atoms. The number of rotatable bonds is 3. The van der Waals surface area contributed by atoms with Crippen molar-refractivity contribution in [1.82, 2.24) is 0 Å². The van der Waals surface area contributed by atoms with Crippen LogP contribution in [0.1, 0.15) is 10.4 Å². The zero-order chi connectivity index (χ0) is 13.5. The SMILES string of the molecule is C[N+](C)(C)CCO.O=C(O)c1ccccc1O. The van der Waals surface area contributed by atoms with Crippen LogP contribution >= 0.6 is 0 Å². The Kier molecular flexibility index (Phi) is 6.23. The van der Waals surface area contributed by atoms with Crippen molar-refractivity contribution in [3.8, 4) is 5.75 Å². The summed E-state index contributed by atoms with van der Waals surface area (Å²) < 4.78 is 0.844. The number of carbonyl (C=O) groups is 1. The van der Waals surface area contributed by atoms with Crippen molar-refractivity contribution in [2.75, 3.05) is 34.3 Å². The maximum Gasteiger partial charge on any atom is 0.339 e. The smallest absolute Gasteiger partial charge is 0.339 e. The number of quaternary nitrogens is 1. The van der Waals surface area contributed by atoms with Crippen LogP contribution in [0.5, 0.6) is 5.75 Å². The summed E-state index contributed by atoms with van der Waals surface area (Å²) in [7, 11) is 6.16. The predicted molar refractivity (Wildman–Crippen MR) is 65.1 cm³/mol. The fourth-order valence-electron chi connectivity index (χ4n) is 0.954. The molecule has 1 aromatic rings. The van der Waals surface area contributed by atoms with Crippen LogP contribution in [-0.2, 0) is 0 Å². The van der Waals surface area contributed by atoms with Gasteiger partial charge in [0, 0.05) is 0 Å². The molecule has 0 heterocycles. The van der Waals surface area contributed by atoms with Crippen LogP contribution in [-0.4, -0.2) is 60.1 Å². The standard InChI is InChI=1S/C7H6O3.C5H14NO/c8-6-4-2-1-3-5(6)7(9)10;1-6(2,3)4-5-7/h1-4,8H,(H,9,10);7H,4-5H2,1-3H3/q;+1. The summed E-state index contributed by atoms with van der Waals surface area (Å²) >= 11 is 0. The number of hydrogen-bond donors (Lipinski definition) is 3.